The van der Waals surface area contributed by atoms with E-state index in [0.717, 1.165) is 5.56 Å². The lowest BCUT2D eigenvalue weighted by atomic mass is 10.1. The van der Waals surface area contributed by atoms with Crippen LogP contribution in [0.4, 0.5) is 0 Å². The van der Waals surface area contributed by atoms with Gasteiger partial charge in [0.25, 0.3) is 5.91 Å². The Labute approximate surface area is 169 Å². The molecule has 0 aliphatic rings. The topological polar surface area (TPSA) is 58.6 Å². The van der Waals surface area contributed by atoms with E-state index in [1.807, 2.05) is 19.1 Å². The number of halogens is 2. The van der Waals surface area contributed by atoms with Gasteiger partial charge in [0.1, 0.15) is 11.8 Å². The van der Waals surface area contributed by atoms with E-state index in [4.69, 9.17) is 27.9 Å². The number of nitrogens with zero attached hydrogens (tertiary/aromatic N) is 1. The molecule has 0 heterocycles. The monoisotopic (exact) mass is 408 g/mol. The minimum Gasteiger partial charge on any atom is -0.482 e. The van der Waals surface area contributed by atoms with Gasteiger partial charge in [0.05, 0.1) is 5.02 Å². The molecule has 27 heavy (non-hydrogen) atoms. The predicted octanol–water partition coefficient (Wildman–Crippen LogP) is 3.93. The fourth-order valence-electron chi connectivity index (χ4n) is 2.48. The molecular weight excluding hydrogens is 387 g/mol. The normalized spacial score (nSPS) is 11.6. The third-order valence-electron chi connectivity index (χ3n) is 3.97. The molecule has 144 valence electrons. The second-order valence-electron chi connectivity index (χ2n) is 5.94. The summed E-state index contributed by atoms with van der Waals surface area (Å²) >= 11 is 12.0. The van der Waals surface area contributed by atoms with Crippen molar-refractivity contribution in [1.82, 2.24) is 10.2 Å². The highest BCUT2D eigenvalue weighted by atomic mass is 35.5. The number of likely N-dealkylation sites (N-methyl/N-ethyl adjacent to an activating group) is 1. The summed E-state index contributed by atoms with van der Waals surface area (Å²) in [6.45, 7) is 4.05. The SMILES string of the molecule is CCNC(=O)C(C)N(Cc1ccc(Cl)cc1)C(=O)COc1ccccc1Cl. The van der Waals surface area contributed by atoms with Gasteiger partial charge in [0, 0.05) is 18.1 Å². The molecule has 0 bridgehead atoms. The van der Waals surface area contributed by atoms with Gasteiger partial charge in [0.15, 0.2) is 6.61 Å². The number of para-hydroxylation sites is 1. The van der Waals surface area contributed by atoms with Gasteiger partial charge in [-0.15, -0.1) is 0 Å². The molecule has 0 saturated carbocycles. The third kappa shape index (κ3) is 6.15. The maximum atomic E-state index is 12.8. The van der Waals surface area contributed by atoms with E-state index in [9.17, 15) is 9.59 Å². The fourth-order valence-corrected chi connectivity index (χ4v) is 2.79. The lowest BCUT2D eigenvalue weighted by molar-refractivity contribution is -0.142. The van der Waals surface area contributed by atoms with Crippen molar-refractivity contribution in [3.63, 3.8) is 0 Å². The van der Waals surface area contributed by atoms with Crippen molar-refractivity contribution in [2.24, 2.45) is 0 Å². The minimum absolute atomic E-state index is 0.221. The van der Waals surface area contributed by atoms with Crippen molar-refractivity contribution >= 4 is 35.0 Å². The van der Waals surface area contributed by atoms with Crippen LogP contribution in [0, 0.1) is 0 Å². The minimum atomic E-state index is -0.650. The number of carbonyl (C=O) groups excluding carboxylic acids is 2. The highest BCUT2D eigenvalue weighted by Crippen LogP contribution is 2.23. The first kappa shape index (κ1) is 21.1. The van der Waals surface area contributed by atoms with Crippen LogP contribution in [0.5, 0.6) is 5.75 Å². The first-order valence-corrected chi connectivity index (χ1v) is 9.37. The summed E-state index contributed by atoms with van der Waals surface area (Å²) < 4.78 is 5.55. The second-order valence-corrected chi connectivity index (χ2v) is 6.78. The number of carbonyl (C=O) groups is 2. The van der Waals surface area contributed by atoms with Crippen LogP contribution in [0.2, 0.25) is 10.0 Å². The average Bonchev–Trinajstić information content (AvgIpc) is 2.66. The molecule has 0 fully saturated rings. The molecule has 0 spiro atoms. The molecule has 0 radical (unpaired) electrons. The Morgan fingerprint density at radius 2 is 1.78 bits per heavy atom. The lowest BCUT2D eigenvalue weighted by Gasteiger charge is -2.28. The van der Waals surface area contributed by atoms with E-state index in [-0.39, 0.29) is 25.0 Å². The number of rotatable bonds is 8. The van der Waals surface area contributed by atoms with Crippen LogP contribution in [-0.4, -0.2) is 35.9 Å². The summed E-state index contributed by atoms with van der Waals surface area (Å²) in [7, 11) is 0. The summed E-state index contributed by atoms with van der Waals surface area (Å²) in [5.74, 6) is -0.120. The fraction of sp³-hybridized carbons (Fsp3) is 0.300. The van der Waals surface area contributed by atoms with Gasteiger partial charge in [-0.05, 0) is 43.7 Å². The second kappa shape index (κ2) is 10.2. The van der Waals surface area contributed by atoms with Crippen LogP contribution in [-0.2, 0) is 16.1 Å². The molecule has 1 N–H and O–H groups in total. The van der Waals surface area contributed by atoms with Crippen molar-refractivity contribution in [2.45, 2.75) is 26.4 Å². The summed E-state index contributed by atoms with van der Waals surface area (Å²) in [6.07, 6.45) is 0. The maximum Gasteiger partial charge on any atom is 0.261 e. The van der Waals surface area contributed by atoms with Gasteiger partial charge in [-0.1, -0.05) is 47.5 Å². The molecule has 0 aromatic heterocycles. The summed E-state index contributed by atoms with van der Waals surface area (Å²) in [4.78, 5) is 26.6. The number of nitrogens with one attached hydrogen (secondary N) is 1. The molecular formula is C20H22Cl2N2O3. The van der Waals surface area contributed by atoms with Crippen molar-refractivity contribution in [3.8, 4) is 5.75 Å². The molecule has 2 aromatic carbocycles. The molecule has 7 heteroatoms. The maximum absolute atomic E-state index is 12.8. The number of hydrogen-bond acceptors (Lipinski definition) is 3. The Bertz CT molecular complexity index is 781. The lowest BCUT2D eigenvalue weighted by Crippen LogP contribution is -2.49. The molecule has 1 unspecified atom stereocenters. The molecule has 2 aromatic rings. The first-order valence-electron chi connectivity index (χ1n) is 8.61. The van der Waals surface area contributed by atoms with Gasteiger partial charge < -0.3 is 15.0 Å². The zero-order chi connectivity index (χ0) is 19.8. The van der Waals surface area contributed by atoms with Crippen LogP contribution in [0.1, 0.15) is 19.4 Å². The van der Waals surface area contributed by atoms with E-state index in [0.29, 0.717) is 22.3 Å². The van der Waals surface area contributed by atoms with E-state index >= 15 is 0 Å². The average molecular weight is 409 g/mol. The van der Waals surface area contributed by atoms with Crippen molar-refractivity contribution in [3.05, 3.63) is 64.1 Å². The number of ether oxygens (including phenoxy) is 1. The van der Waals surface area contributed by atoms with Crippen LogP contribution < -0.4 is 10.1 Å². The zero-order valence-electron chi connectivity index (χ0n) is 15.2. The molecule has 2 amide bonds. The van der Waals surface area contributed by atoms with Gasteiger partial charge in [-0.3, -0.25) is 9.59 Å². The van der Waals surface area contributed by atoms with E-state index < -0.39 is 6.04 Å². The number of benzene rings is 2. The Hall–Kier alpha value is -2.24. The smallest absolute Gasteiger partial charge is 0.261 e. The highest BCUT2D eigenvalue weighted by molar-refractivity contribution is 6.32. The van der Waals surface area contributed by atoms with E-state index in [2.05, 4.69) is 5.32 Å². The molecule has 2 rings (SSSR count). The van der Waals surface area contributed by atoms with Crippen LogP contribution >= 0.6 is 23.2 Å². The van der Waals surface area contributed by atoms with Crippen LogP contribution in [0.3, 0.4) is 0 Å². The largest absolute Gasteiger partial charge is 0.482 e. The number of hydrogen-bond donors (Lipinski definition) is 1. The Kier molecular flexibility index (Phi) is 7.95. The third-order valence-corrected chi connectivity index (χ3v) is 4.54. The van der Waals surface area contributed by atoms with Crippen LogP contribution in [0.25, 0.3) is 0 Å². The standard InChI is InChI=1S/C20H22Cl2N2O3/c1-3-23-20(26)14(2)24(12-15-8-10-16(21)11-9-15)19(25)13-27-18-7-5-4-6-17(18)22/h4-11,14H,3,12-13H2,1-2H3,(H,23,26). The van der Waals surface area contributed by atoms with Crippen molar-refractivity contribution in [1.29, 1.82) is 0 Å². The van der Waals surface area contributed by atoms with E-state index in [1.165, 1.54) is 4.90 Å². The molecule has 5 nitrogen and oxygen atoms in total. The Morgan fingerprint density at radius 3 is 2.41 bits per heavy atom. The van der Waals surface area contributed by atoms with Gasteiger partial charge >= 0.3 is 0 Å². The quantitative estimate of drug-likeness (QED) is 0.719. The molecule has 0 aliphatic carbocycles. The van der Waals surface area contributed by atoms with Crippen molar-refractivity contribution < 1.29 is 14.3 Å². The van der Waals surface area contributed by atoms with Gasteiger partial charge in [-0.2, -0.15) is 0 Å². The van der Waals surface area contributed by atoms with Gasteiger partial charge in [0.2, 0.25) is 5.91 Å². The predicted molar refractivity (Wildman–Crippen MR) is 107 cm³/mol. The molecule has 0 aliphatic heterocycles. The van der Waals surface area contributed by atoms with E-state index in [1.54, 1.807) is 43.3 Å². The molecule has 1 atom stereocenters. The zero-order valence-corrected chi connectivity index (χ0v) is 16.8. The highest BCUT2D eigenvalue weighted by Gasteiger charge is 2.26. The molecule has 0 saturated heterocycles. The van der Waals surface area contributed by atoms with Crippen molar-refractivity contribution in [2.75, 3.05) is 13.2 Å². The first-order chi connectivity index (χ1) is 12.9. The van der Waals surface area contributed by atoms with Gasteiger partial charge in [-0.25, -0.2) is 0 Å². The number of amides is 2. The Morgan fingerprint density at radius 1 is 1.11 bits per heavy atom. The Balaban J connectivity index is 2.14. The summed E-state index contributed by atoms with van der Waals surface area (Å²) in [5, 5.41) is 3.77. The van der Waals surface area contributed by atoms with Crippen LogP contribution in [0.15, 0.2) is 48.5 Å². The summed E-state index contributed by atoms with van der Waals surface area (Å²) in [6, 6.07) is 13.4. The summed E-state index contributed by atoms with van der Waals surface area (Å²) in [5.41, 5.74) is 0.863.